The van der Waals surface area contributed by atoms with Crippen molar-refractivity contribution in [1.82, 2.24) is 4.98 Å². The summed E-state index contributed by atoms with van der Waals surface area (Å²) < 4.78 is 4.80. The molecule has 0 bridgehead atoms. The van der Waals surface area contributed by atoms with Gasteiger partial charge in [-0.05, 0) is 19.1 Å². The Morgan fingerprint density at radius 1 is 1.67 bits per heavy atom. The Labute approximate surface area is 98.2 Å². The molecule has 1 aromatic heterocycles. The molecule has 1 aromatic rings. The van der Waals surface area contributed by atoms with Crippen LogP contribution in [0.5, 0.6) is 0 Å². The molecule has 0 aliphatic rings. The molecule has 0 spiro atoms. The molecular formula is C10H12ClNO2S. The fourth-order valence-electron chi connectivity index (χ4n) is 0.969. The van der Waals surface area contributed by atoms with Crippen molar-refractivity contribution >= 4 is 29.3 Å². The summed E-state index contributed by atoms with van der Waals surface area (Å²) in [7, 11) is 0. The Morgan fingerprint density at radius 2 is 2.47 bits per heavy atom. The van der Waals surface area contributed by atoms with Gasteiger partial charge in [0, 0.05) is 17.0 Å². The molecule has 0 unspecified atom stereocenters. The van der Waals surface area contributed by atoms with E-state index in [0.29, 0.717) is 23.1 Å². The SMILES string of the molecule is CCOC(=O)CSCc1cc(Cl)ccn1. The van der Waals surface area contributed by atoms with E-state index in [-0.39, 0.29) is 5.97 Å². The van der Waals surface area contributed by atoms with E-state index in [4.69, 9.17) is 16.3 Å². The predicted octanol–water partition coefficient (Wildman–Crippen LogP) is 2.53. The van der Waals surface area contributed by atoms with Crippen LogP contribution >= 0.6 is 23.4 Å². The van der Waals surface area contributed by atoms with Crippen LogP contribution in [0.25, 0.3) is 0 Å². The number of aromatic nitrogens is 1. The molecule has 0 aliphatic carbocycles. The average molecular weight is 246 g/mol. The van der Waals surface area contributed by atoms with Crippen LogP contribution in [-0.2, 0) is 15.3 Å². The standard InChI is InChI=1S/C10H12ClNO2S/c1-2-14-10(13)7-15-6-9-5-8(11)3-4-12-9/h3-5H,2,6-7H2,1H3. The number of carbonyl (C=O) groups is 1. The molecule has 0 amide bonds. The lowest BCUT2D eigenvalue weighted by atomic mass is 10.4. The lowest BCUT2D eigenvalue weighted by Crippen LogP contribution is -2.06. The van der Waals surface area contributed by atoms with Crippen molar-refractivity contribution in [3.8, 4) is 0 Å². The predicted molar refractivity (Wildman–Crippen MR) is 62.0 cm³/mol. The van der Waals surface area contributed by atoms with Crippen molar-refractivity contribution in [2.45, 2.75) is 12.7 Å². The summed E-state index contributed by atoms with van der Waals surface area (Å²) in [6, 6.07) is 3.51. The zero-order chi connectivity index (χ0) is 11.1. The zero-order valence-electron chi connectivity index (χ0n) is 8.40. The maximum atomic E-state index is 11.0. The summed E-state index contributed by atoms with van der Waals surface area (Å²) in [5.41, 5.74) is 0.872. The maximum Gasteiger partial charge on any atom is 0.315 e. The highest BCUT2D eigenvalue weighted by molar-refractivity contribution is 7.99. The van der Waals surface area contributed by atoms with Gasteiger partial charge < -0.3 is 4.74 Å². The molecule has 1 rings (SSSR count). The van der Waals surface area contributed by atoms with Crippen molar-refractivity contribution in [3.63, 3.8) is 0 Å². The molecule has 0 N–H and O–H groups in total. The van der Waals surface area contributed by atoms with Gasteiger partial charge in [-0.15, -0.1) is 11.8 Å². The van der Waals surface area contributed by atoms with Gasteiger partial charge in [0.05, 0.1) is 18.1 Å². The van der Waals surface area contributed by atoms with E-state index >= 15 is 0 Å². The number of pyridine rings is 1. The topological polar surface area (TPSA) is 39.2 Å². The van der Waals surface area contributed by atoms with Crippen LogP contribution < -0.4 is 0 Å². The van der Waals surface area contributed by atoms with Crippen molar-refractivity contribution in [3.05, 3.63) is 29.0 Å². The number of carbonyl (C=O) groups excluding carboxylic acids is 1. The van der Waals surface area contributed by atoms with Gasteiger partial charge >= 0.3 is 5.97 Å². The number of hydrogen-bond acceptors (Lipinski definition) is 4. The molecule has 0 aliphatic heterocycles. The lowest BCUT2D eigenvalue weighted by Gasteiger charge is -2.01. The molecule has 0 saturated carbocycles. The minimum absolute atomic E-state index is 0.190. The fraction of sp³-hybridized carbons (Fsp3) is 0.400. The van der Waals surface area contributed by atoms with Crippen LogP contribution in [0, 0.1) is 0 Å². The second kappa shape index (κ2) is 6.69. The van der Waals surface area contributed by atoms with E-state index in [1.165, 1.54) is 11.8 Å². The summed E-state index contributed by atoms with van der Waals surface area (Å²) in [5.74, 6) is 0.825. The van der Waals surface area contributed by atoms with Crippen LogP contribution in [0.4, 0.5) is 0 Å². The third kappa shape index (κ3) is 5.04. The summed E-state index contributed by atoms with van der Waals surface area (Å²) in [4.78, 5) is 15.1. The minimum atomic E-state index is -0.190. The van der Waals surface area contributed by atoms with Crippen LogP contribution in [0.15, 0.2) is 18.3 Å². The Balaban J connectivity index is 2.28. The van der Waals surface area contributed by atoms with Gasteiger partial charge in [0.25, 0.3) is 0 Å². The van der Waals surface area contributed by atoms with Gasteiger partial charge in [-0.25, -0.2) is 0 Å². The second-order valence-corrected chi connectivity index (χ2v) is 4.19. The highest BCUT2D eigenvalue weighted by atomic mass is 35.5. The van der Waals surface area contributed by atoms with Gasteiger partial charge in [0.1, 0.15) is 0 Å². The summed E-state index contributed by atoms with van der Waals surface area (Å²) in [6.45, 7) is 2.22. The number of thioether (sulfide) groups is 1. The molecule has 0 saturated heterocycles. The Bertz CT molecular complexity index is 333. The van der Waals surface area contributed by atoms with Crippen molar-refractivity contribution in [2.75, 3.05) is 12.4 Å². The molecule has 0 radical (unpaired) electrons. The number of rotatable bonds is 5. The second-order valence-electron chi connectivity index (χ2n) is 2.76. The first-order valence-corrected chi connectivity index (χ1v) is 6.09. The number of esters is 1. The molecule has 0 fully saturated rings. The van der Waals surface area contributed by atoms with E-state index in [0.717, 1.165) is 5.69 Å². The van der Waals surface area contributed by atoms with E-state index in [9.17, 15) is 4.79 Å². The van der Waals surface area contributed by atoms with E-state index in [1.807, 2.05) is 0 Å². The van der Waals surface area contributed by atoms with Crippen molar-refractivity contribution in [2.24, 2.45) is 0 Å². The molecule has 82 valence electrons. The maximum absolute atomic E-state index is 11.0. The number of ether oxygens (including phenoxy) is 1. The zero-order valence-corrected chi connectivity index (χ0v) is 9.98. The van der Waals surface area contributed by atoms with Gasteiger partial charge in [-0.3, -0.25) is 9.78 Å². The number of nitrogens with zero attached hydrogens (tertiary/aromatic N) is 1. The van der Waals surface area contributed by atoms with Crippen LogP contribution in [0.3, 0.4) is 0 Å². The van der Waals surface area contributed by atoms with Gasteiger partial charge in [0.15, 0.2) is 0 Å². The van der Waals surface area contributed by atoms with Crippen LogP contribution in [0.2, 0.25) is 5.02 Å². The number of hydrogen-bond donors (Lipinski definition) is 0. The summed E-state index contributed by atoms with van der Waals surface area (Å²) >= 11 is 7.26. The molecule has 0 aromatic carbocycles. The van der Waals surface area contributed by atoms with Gasteiger partial charge in [-0.2, -0.15) is 0 Å². The Morgan fingerprint density at radius 3 is 3.13 bits per heavy atom. The highest BCUT2D eigenvalue weighted by Gasteiger charge is 2.02. The van der Waals surface area contributed by atoms with Gasteiger partial charge in [0.2, 0.25) is 0 Å². The summed E-state index contributed by atoms with van der Waals surface area (Å²) in [5, 5.41) is 0.664. The van der Waals surface area contributed by atoms with Gasteiger partial charge in [-0.1, -0.05) is 11.6 Å². The highest BCUT2D eigenvalue weighted by Crippen LogP contribution is 2.14. The first-order valence-electron chi connectivity index (χ1n) is 4.56. The monoisotopic (exact) mass is 245 g/mol. The third-order valence-electron chi connectivity index (χ3n) is 1.55. The summed E-state index contributed by atoms with van der Waals surface area (Å²) in [6.07, 6.45) is 1.66. The lowest BCUT2D eigenvalue weighted by molar-refractivity contribution is -0.139. The smallest absolute Gasteiger partial charge is 0.315 e. The Kier molecular flexibility index (Phi) is 5.50. The molecule has 0 atom stereocenters. The van der Waals surface area contributed by atoms with E-state index < -0.39 is 0 Å². The third-order valence-corrected chi connectivity index (χ3v) is 2.73. The van der Waals surface area contributed by atoms with Crippen LogP contribution in [0.1, 0.15) is 12.6 Å². The molecule has 1 heterocycles. The first-order chi connectivity index (χ1) is 7.22. The fourth-order valence-corrected chi connectivity index (χ4v) is 1.87. The largest absolute Gasteiger partial charge is 0.465 e. The van der Waals surface area contributed by atoms with Crippen molar-refractivity contribution < 1.29 is 9.53 Å². The Hall–Kier alpha value is -0.740. The minimum Gasteiger partial charge on any atom is -0.465 e. The normalized spacial score (nSPS) is 10.0. The van der Waals surface area contributed by atoms with Crippen molar-refractivity contribution in [1.29, 1.82) is 0 Å². The molecule has 3 nitrogen and oxygen atoms in total. The molecule has 5 heteroatoms. The molecule has 15 heavy (non-hydrogen) atoms. The number of halogens is 1. The van der Waals surface area contributed by atoms with E-state index in [1.54, 1.807) is 25.3 Å². The van der Waals surface area contributed by atoms with E-state index in [2.05, 4.69) is 4.98 Å². The quantitative estimate of drug-likeness (QED) is 0.748. The first kappa shape index (κ1) is 12.3. The average Bonchev–Trinajstić information content (AvgIpc) is 2.18. The molecular weight excluding hydrogens is 234 g/mol. The van der Waals surface area contributed by atoms with Crippen LogP contribution in [-0.4, -0.2) is 23.3 Å².